The van der Waals surface area contributed by atoms with Gasteiger partial charge >= 0.3 is 0 Å². The van der Waals surface area contributed by atoms with Crippen LogP contribution in [0.2, 0.25) is 0 Å². The number of hydrogen-bond donors (Lipinski definition) is 1. The summed E-state index contributed by atoms with van der Waals surface area (Å²) in [5.74, 6) is -0.255. The molecule has 30 heavy (non-hydrogen) atoms. The van der Waals surface area contributed by atoms with Crippen LogP contribution in [0.3, 0.4) is 0 Å². The molecule has 0 saturated carbocycles. The molecule has 0 aromatic heterocycles. The van der Waals surface area contributed by atoms with E-state index in [9.17, 15) is 13.2 Å². The van der Waals surface area contributed by atoms with Crippen LogP contribution in [0, 0.1) is 13.8 Å². The normalized spacial score (nSPS) is 12.3. The molecule has 1 amide bonds. The zero-order valence-electron chi connectivity index (χ0n) is 17.6. The minimum atomic E-state index is -3.71. The van der Waals surface area contributed by atoms with Crippen molar-refractivity contribution in [2.24, 2.45) is 0 Å². The van der Waals surface area contributed by atoms with Crippen molar-refractivity contribution in [2.75, 3.05) is 11.4 Å². The van der Waals surface area contributed by atoms with Crippen LogP contribution in [0.4, 0.5) is 5.69 Å². The third-order valence-electron chi connectivity index (χ3n) is 5.11. The number of anilines is 1. The topological polar surface area (TPSA) is 66.5 Å². The number of aryl methyl sites for hydroxylation is 2. The van der Waals surface area contributed by atoms with Crippen LogP contribution in [-0.4, -0.2) is 21.4 Å². The molecule has 6 heteroatoms. The summed E-state index contributed by atoms with van der Waals surface area (Å²) in [6, 6.07) is 20.8. The molecule has 0 aliphatic rings. The molecule has 0 fully saturated rings. The van der Waals surface area contributed by atoms with Crippen molar-refractivity contribution in [1.82, 2.24) is 5.32 Å². The van der Waals surface area contributed by atoms with E-state index < -0.39 is 10.0 Å². The summed E-state index contributed by atoms with van der Waals surface area (Å²) < 4.78 is 26.9. The molecule has 3 aromatic carbocycles. The van der Waals surface area contributed by atoms with Crippen molar-refractivity contribution < 1.29 is 13.2 Å². The Morgan fingerprint density at radius 1 is 0.933 bits per heavy atom. The Kier molecular flexibility index (Phi) is 6.27. The van der Waals surface area contributed by atoms with E-state index in [0.29, 0.717) is 11.3 Å². The summed E-state index contributed by atoms with van der Waals surface area (Å²) in [4.78, 5) is 13.0. The van der Waals surface area contributed by atoms with Crippen LogP contribution in [-0.2, 0) is 10.0 Å². The number of sulfonamides is 1. The number of hydrogen-bond acceptors (Lipinski definition) is 3. The molecule has 5 nitrogen and oxygen atoms in total. The zero-order valence-corrected chi connectivity index (χ0v) is 18.4. The molecule has 0 bridgehead atoms. The molecular formula is C24H26N2O3S. The van der Waals surface area contributed by atoms with Gasteiger partial charge in [-0.2, -0.15) is 0 Å². The molecule has 0 radical (unpaired) electrons. The van der Waals surface area contributed by atoms with E-state index in [2.05, 4.69) is 11.4 Å². The first kappa shape index (κ1) is 21.6. The molecule has 0 unspecified atom stereocenters. The summed E-state index contributed by atoms with van der Waals surface area (Å²) in [5, 5.41) is 3.00. The summed E-state index contributed by atoms with van der Waals surface area (Å²) in [6.07, 6.45) is 0. The standard InChI is InChI=1S/C24H26N2O3S/c1-17-13-14-23(18(2)15-17)19(3)25-24(27)20-9-8-10-21(16-20)26(4)30(28,29)22-11-6-5-7-12-22/h5-16,19H,1-4H3,(H,25,27)/t19-/m0/s1. The maximum absolute atomic E-state index is 12.9. The zero-order chi connectivity index (χ0) is 21.9. The number of nitrogens with zero attached hydrogens (tertiary/aromatic N) is 1. The van der Waals surface area contributed by atoms with Gasteiger partial charge in [-0.1, -0.05) is 48.0 Å². The lowest BCUT2D eigenvalue weighted by Crippen LogP contribution is -2.29. The van der Waals surface area contributed by atoms with Gasteiger partial charge < -0.3 is 5.32 Å². The van der Waals surface area contributed by atoms with Crippen LogP contribution in [0.1, 0.15) is 40.0 Å². The maximum atomic E-state index is 12.9. The van der Waals surface area contributed by atoms with Gasteiger partial charge in [-0.15, -0.1) is 0 Å². The van der Waals surface area contributed by atoms with Crippen LogP contribution in [0.25, 0.3) is 0 Å². The molecule has 0 spiro atoms. The second kappa shape index (κ2) is 8.71. The maximum Gasteiger partial charge on any atom is 0.264 e. The Hall–Kier alpha value is -3.12. The average Bonchev–Trinajstić information content (AvgIpc) is 2.73. The van der Waals surface area contributed by atoms with Gasteiger partial charge in [0.2, 0.25) is 0 Å². The Morgan fingerprint density at radius 3 is 2.30 bits per heavy atom. The molecule has 3 rings (SSSR count). The van der Waals surface area contributed by atoms with Crippen molar-refractivity contribution in [2.45, 2.75) is 31.7 Å². The molecule has 156 valence electrons. The monoisotopic (exact) mass is 422 g/mol. The van der Waals surface area contributed by atoms with Crippen molar-refractivity contribution in [3.8, 4) is 0 Å². The highest BCUT2D eigenvalue weighted by molar-refractivity contribution is 7.92. The molecule has 0 heterocycles. The molecule has 0 aliphatic carbocycles. The summed E-state index contributed by atoms with van der Waals surface area (Å²) in [6.45, 7) is 5.99. The van der Waals surface area contributed by atoms with E-state index in [0.717, 1.165) is 11.1 Å². The number of carbonyl (C=O) groups is 1. The second-order valence-corrected chi connectivity index (χ2v) is 9.36. The predicted octanol–water partition coefficient (Wildman–Crippen LogP) is 4.62. The highest BCUT2D eigenvalue weighted by Crippen LogP contribution is 2.24. The van der Waals surface area contributed by atoms with Gasteiger partial charge in [-0.05, 0) is 62.2 Å². The van der Waals surface area contributed by atoms with Gasteiger partial charge in [0.05, 0.1) is 16.6 Å². The first-order valence-electron chi connectivity index (χ1n) is 9.72. The van der Waals surface area contributed by atoms with Gasteiger partial charge in [0.25, 0.3) is 15.9 Å². The lowest BCUT2D eigenvalue weighted by atomic mass is 10.00. The fraction of sp³-hybridized carbons (Fsp3) is 0.208. The predicted molar refractivity (Wildman–Crippen MR) is 120 cm³/mol. The van der Waals surface area contributed by atoms with Gasteiger partial charge in [0.1, 0.15) is 0 Å². The minimum Gasteiger partial charge on any atom is -0.346 e. The molecule has 1 atom stereocenters. The number of amides is 1. The second-order valence-electron chi connectivity index (χ2n) is 7.39. The number of nitrogens with one attached hydrogen (secondary N) is 1. The van der Waals surface area contributed by atoms with Crippen molar-refractivity contribution in [3.63, 3.8) is 0 Å². The van der Waals surface area contributed by atoms with E-state index in [1.807, 2.05) is 32.9 Å². The van der Waals surface area contributed by atoms with Crippen molar-refractivity contribution >= 4 is 21.6 Å². The number of rotatable bonds is 6. The van der Waals surface area contributed by atoms with Crippen LogP contribution in [0.5, 0.6) is 0 Å². The summed E-state index contributed by atoms with van der Waals surface area (Å²) in [5.41, 5.74) is 4.16. The molecule has 3 aromatic rings. The Morgan fingerprint density at radius 2 is 1.63 bits per heavy atom. The van der Waals surface area contributed by atoms with Crippen LogP contribution < -0.4 is 9.62 Å². The highest BCUT2D eigenvalue weighted by Gasteiger charge is 2.22. The number of benzene rings is 3. The minimum absolute atomic E-state index is 0.174. The lowest BCUT2D eigenvalue weighted by Gasteiger charge is -2.21. The fourth-order valence-electron chi connectivity index (χ4n) is 3.40. The first-order valence-corrected chi connectivity index (χ1v) is 11.2. The largest absolute Gasteiger partial charge is 0.346 e. The third kappa shape index (κ3) is 4.54. The van der Waals surface area contributed by atoms with E-state index >= 15 is 0 Å². The smallest absolute Gasteiger partial charge is 0.264 e. The van der Waals surface area contributed by atoms with Gasteiger partial charge in [0, 0.05) is 12.6 Å². The molecule has 0 saturated heterocycles. The van der Waals surface area contributed by atoms with E-state index in [-0.39, 0.29) is 16.8 Å². The Balaban J connectivity index is 1.81. The third-order valence-corrected chi connectivity index (χ3v) is 6.91. The van der Waals surface area contributed by atoms with E-state index in [1.165, 1.54) is 16.9 Å². The van der Waals surface area contributed by atoms with E-state index in [1.54, 1.807) is 54.6 Å². The van der Waals surface area contributed by atoms with Gasteiger partial charge in [0.15, 0.2) is 0 Å². The van der Waals surface area contributed by atoms with Gasteiger partial charge in [-0.3, -0.25) is 9.10 Å². The summed E-state index contributed by atoms with van der Waals surface area (Å²) in [7, 11) is -2.22. The highest BCUT2D eigenvalue weighted by atomic mass is 32.2. The summed E-state index contributed by atoms with van der Waals surface area (Å²) >= 11 is 0. The fourth-order valence-corrected chi connectivity index (χ4v) is 4.61. The van der Waals surface area contributed by atoms with Gasteiger partial charge in [-0.25, -0.2) is 8.42 Å². The number of carbonyl (C=O) groups excluding carboxylic acids is 1. The quantitative estimate of drug-likeness (QED) is 0.630. The SMILES string of the molecule is Cc1ccc([C@H](C)NC(=O)c2cccc(N(C)S(=O)(=O)c3ccccc3)c2)c(C)c1. The molecule has 0 aliphatic heterocycles. The van der Waals surface area contributed by atoms with Crippen LogP contribution >= 0.6 is 0 Å². The van der Waals surface area contributed by atoms with Crippen LogP contribution in [0.15, 0.2) is 77.7 Å². The lowest BCUT2D eigenvalue weighted by molar-refractivity contribution is 0.0940. The van der Waals surface area contributed by atoms with Crippen molar-refractivity contribution in [3.05, 3.63) is 95.1 Å². The molecular weight excluding hydrogens is 396 g/mol. The molecule has 1 N–H and O–H groups in total. The average molecular weight is 423 g/mol. The first-order chi connectivity index (χ1) is 14.2. The Labute approximate surface area is 178 Å². The Bertz CT molecular complexity index is 1160. The van der Waals surface area contributed by atoms with Crippen molar-refractivity contribution in [1.29, 1.82) is 0 Å². The van der Waals surface area contributed by atoms with E-state index in [4.69, 9.17) is 0 Å².